The fourth-order valence-corrected chi connectivity index (χ4v) is 11.7. The number of primary amides is 2. The lowest BCUT2D eigenvalue weighted by atomic mass is 9.83. The molecule has 0 radical (unpaired) electrons. The summed E-state index contributed by atoms with van der Waals surface area (Å²) in [5, 5.41) is 17.9. The average Bonchev–Trinajstić information content (AvgIpc) is 1.62. The lowest BCUT2D eigenvalue weighted by molar-refractivity contribution is 0.0594. The molecule has 114 heavy (non-hydrogen) atoms. The number of aryl methyl sites for hydroxylation is 2. The lowest BCUT2D eigenvalue weighted by Crippen LogP contribution is -2.19. The molecule has 1 saturated carbocycles. The number of halogens is 5. The number of nitriles is 2. The highest BCUT2D eigenvalue weighted by Gasteiger charge is 2.45. The van der Waals surface area contributed by atoms with Crippen LogP contribution in [0.2, 0.25) is 0 Å². The van der Waals surface area contributed by atoms with E-state index in [1.54, 1.807) is 61.5 Å². The number of ether oxygens (including phenoxy) is 2. The van der Waals surface area contributed by atoms with Crippen molar-refractivity contribution < 1.29 is 50.6 Å². The number of Topliss-reactive ketones (excluding diaryl/α,β-unsaturated/α-hetero) is 1. The molecule has 2 amide bonds. The van der Waals surface area contributed by atoms with Crippen molar-refractivity contribution in [3.63, 3.8) is 0 Å². The van der Waals surface area contributed by atoms with Gasteiger partial charge in [0.25, 0.3) is 11.8 Å². The highest BCUT2D eigenvalue weighted by molar-refractivity contribution is 5.96. The first-order valence-corrected chi connectivity index (χ1v) is 38.7. The van der Waals surface area contributed by atoms with E-state index < -0.39 is 41.1 Å². The van der Waals surface area contributed by atoms with Gasteiger partial charge in [-0.05, 0) is 211 Å². The van der Waals surface area contributed by atoms with E-state index in [2.05, 4.69) is 149 Å². The topological polar surface area (TPSA) is 186 Å². The first-order valence-electron chi connectivity index (χ1n) is 38.7. The van der Waals surface area contributed by atoms with Gasteiger partial charge in [0.05, 0.1) is 64.7 Å². The van der Waals surface area contributed by atoms with Crippen LogP contribution in [0.4, 0.5) is 22.0 Å². The van der Waals surface area contributed by atoms with Crippen molar-refractivity contribution in [1.29, 1.82) is 10.5 Å². The molecule has 0 unspecified atom stereocenters. The number of ketones is 1. The van der Waals surface area contributed by atoms with E-state index in [0.29, 0.717) is 35.5 Å². The van der Waals surface area contributed by atoms with Crippen molar-refractivity contribution in [2.45, 2.75) is 269 Å². The number of amides is 2. The van der Waals surface area contributed by atoms with Crippen molar-refractivity contribution in [2.75, 3.05) is 13.7 Å². The molecule has 616 valence electrons. The number of nitrogens with zero attached hydrogens (tertiary/aromatic N) is 2. The monoisotopic (exact) mass is 1560 g/mol. The van der Waals surface area contributed by atoms with Crippen molar-refractivity contribution in [1.82, 2.24) is 0 Å². The first kappa shape index (κ1) is 100. The third kappa shape index (κ3) is 30.4. The summed E-state index contributed by atoms with van der Waals surface area (Å²) in [5.41, 5.74) is 24.3. The molecule has 1 fully saturated rings. The molecule has 8 aromatic rings. The van der Waals surface area contributed by atoms with Crippen LogP contribution >= 0.6 is 0 Å². The summed E-state index contributed by atoms with van der Waals surface area (Å²) >= 11 is 0. The number of nitrogens with two attached hydrogens (primary N) is 2. The predicted molar refractivity (Wildman–Crippen MR) is 460 cm³/mol. The summed E-state index contributed by atoms with van der Waals surface area (Å²) in [6.45, 7) is 63.9. The minimum absolute atomic E-state index is 0.00933. The average molecular weight is 1570 g/mol. The van der Waals surface area contributed by atoms with Gasteiger partial charge >= 0.3 is 5.97 Å². The fourth-order valence-electron chi connectivity index (χ4n) is 11.7. The van der Waals surface area contributed by atoms with Crippen LogP contribution in [0.5, 0.6) is 0 Å². The van der Waals surface area contributed by atoms with Crippen LogP contribution in [0.25, 0.3) is 5.76 Å². The molecule has 0 saturated heterocycles. The maximum atomic E-state index is 14.2. The van der Waals surface area contributed by atoms with E-state index in [-0.39, 0.29) is 82.6 Å². The summed E-state index contributed by atoms with van der Waals surface area (Å²) in [4.78, 5) is 44.5. The van der Waals surface area contributed by atoms with E-state index in [1.165, 1.54) is 76.4 Å². The molecule has 0 bridgehead atoms. The second-order valence-electron chi connectivity index (χ2n) is 36.9. The Balaban J connectivity index is 0.000000442. The van der Waals surface area contributed by atoms with Gasteiger partial charge in [-0.1, -0.05) is 271 Å². The number of carbonyl (C=O) groups is 4. The molecule has 0 aromatic heterocycles. The van der Waals surface area contributed by atoms with Crippen molar-refractivity contribution in [2.24, 2.45) is 11.5 Å². The molecule has 0 aliphatic heterocycles. The zero-order valence-corrected chi connectivity index (χ0v) is 73.9. The summed E-state index contributed by atoms with van der Waals surface area (Å²) in [7, 11) is 1.24. The summed E-state index contributed by atoms with van der Waals surface area (Å²) in [6, 6.07) is 49.3. The number of benzene rings is 8. The third-order valence-corrected chi connectivity index (χ3v) is 19.1. The summed E-state index contributed by atoms with van der Waals surface area (Å²) < 4.78 is 77.4. The number of rotatable bonds is 9. The molecule has 0 atom stereocenters. The number of esters is 1. The second kappa shape index (κ2) is 41.3. The molecule has 15 heteroatoms. The first-order chi connectivity index (χ1) is 52.1. The quantitative estimate of drug-likeness (QED) is 0.0618. The van der Waals surface area contributed by atoms with Gasteiger partial charge < -0.3 is 20.9 Å². The van der Waals surface area contributed by atoms with Crippen molar-refractivity contribution in [3.05, 3.63) is 287 Å². The van der Waals surface area contributed by atoms with Crippen molar-refractivity contribution >= 4 is 29.3 Å². The summed E-state index contributed by atoms with van der Waals surface area (Å²) in [6.07, 6.45) is 2.39. The number of carbonyl (C=O) groups excluding carboxylic acids is 4. The van der Waals surface area contributed by atoms with Crippen LogP contribution in [0.1, 0.15) is 319 Å². The Morgan fingerprint density at radius 3 is 1.18 bits per heavy atom. The largest absolute Gasteiger partial charge is 0.494 e. The van der Waals surface area contributed by atoms with E-state index in [4.69, 9.17) is 26.7 Å². The van der Waals surface area contributed by atoms with Crippen LogP contribution in [-0.4, -0.2) is 37.3 Å². The Morgan fingerprint density at radius 1 is 0.430 bits per heavy atom. The van der Waals surface area contributed by atoms with Gasteiger partial charge in [-0.25, -0.2) is 26.7 Å². The molecule has 9 rings (SSSR count). The zero-order valence-electron chi connectivity index (χ0n) is 73.9. The molecule has 0 spiro atoms. The van der Waals surface area contributed by atoms with Crippen LogP contribution in [-0.2, 0) is 58.2 Å². The van der Waals surface area contributed by atoms with Crippen LogP contribution in [0, 0.1) is 72.5 Å². The van der Waals surface area contributed by atoms with Crippen LogP contribution < -0.4 is 11.5 Å². The highest BCUT2D eigenvalue weighted by Crippen LogP contribution is 2.48. The molecular weight excluding hydrogens is 1440 g/mol. The van der Waals surface area contributed by atoms with E-state index in [9.17, 15) is 41.1 Å². The standard InChI is InChI=1S/C14H19FO.C14H17N.C13H17FO.C12H15FO2.C12H15N.C12H18.2C11H14FNO/c1-6-16-10(2)11-8-7-9-12(13(11)15)14(3,4)5;1-13(2,3)11-5-4-6-12(9-11)14(10-15)7-8-14;1-5-12(15)10-8-9(13(2,3)4)6-7-11(10)14;1-12(2,3)8-5-6-10(13)9(7-8)11(14)15-4;1-9-7-10(8-13)5-6-11(9)12(2,3)4;1-9-7-6-8-11(10(9)2)12(3,4)5;1-11(2,3)7-4-5-9(12)8(6-7)10(13)14;1-11(2,3)8-6-4-5-7(9(8)12)10(13)14/h7-9H,2,6H2,1,3-5H3;4-6,9H,7-8H2,1-3H3;6-8H,5H2,1-4H3;5-7H,1-4H3;5-7H,1-4H3;6-8H,1-5H3;2*4-6H,1-3H3,(H2,13,14). The fraction of sp³-hybridized carbons (Fsp3) is 0.434. The summed E-state index contributed by atoms with van der Waals surface area (Å²) in [5.74, 6) is -4.11. The smallest absolute Gasteiger partial charge is 0.340 e. The Morgan fingerprint density at radius 2 is 0.807 bits per heavy atom. The van der Waals surface area contributed by atoms with E-state index in [0.717, 1.165) is 35.1 Å². The normalized spacial score (nSPS) is 12.3. The number of hydrogen-bond acceptors (Lipinski definition) is 8. The molecule has 8 aromatic carbocycles. The van der Waals surface area contributed by atoms with Crippen LogP contribution in [0.15, 0.2) is 158 Å². The zero-order chi connectivity index (χ0) is 88.0. The number of hydrogen-bond donors (Lipinski definition) is 2. The lowest BCUT2D eigenvalue weighted by Gasteiger charge is -2.22. The SMILES string of the molecule is C=C(OCC)c1cccc(C(C)(C)C)c1F.CC(C)(C)c1ccc(F)c(C(N)=O)c1.CC(C)(C)c1cccc(C(N)=O)c1F.CC(C)(C)c1cccc(C2(C#N)CC2)c1.CCC(=O)c1cc(C(C)(C)C)ccc1F.COC(=O)c1cc(C(C)(C)C)ccc1F.Cc1cc(C#N)ccc1C(C)(C)C.Cc1cccc(C(C)(C)C)c1C. The number of methoxy groups -OCH3 is 1. The third-order valence-electron chi connectivity index (χ3n) is 19.1. The predicted octanol–water partition coefficient (Wildman–Crippen LogP) is 25.5. The van der Waals surface area contributed by atoms with E-state index in [1.807, 2.05) is 135 Å². The molecule has 1 aliphatic rings. The Hall–Kier alpha value is -9.99. The van der Waals surface area contributed by atoms with Gasteiger partial charge in [0, 0.05) is 6.42 Å². The highest BCUT2D eigenvalue weighted by atomic mass is 19.1. The Kier molecular flexibility index (Phi) is 36.3. The molecule has 0 heterocycles. The second-order valence-corrected chi connectivity index (χ2v) is 36.9. The Bertz CT molecular complexity index is 4620. The minimum Gasteiger partial charge on any atom is -0.494 e. The van der Waals surface area contributed by atoms with Crippen LogP contribution in [0.3, 0.4) is 0 Å². The van der Waals surface area contributed by atoms with Gasteiger partial charge in [0.2, 0.25) is 0 Å². The maximum Gasteiger partial charge on any atom is 0.340 e. The van der Waals surface area contributed by atoms with Gasteiger partial charge in [-0.3, -0.25) is 14.4 Å². The molecule has 10 nitrogen and oxygen atoms in total. The molecule has 4 N–H and O–H groups in total. The van der Waals surface area contributed by atoms with Gasteiger partial charge in [0.1, 0.15) is 34.8 Å². The van der Waals surface area contributed by atoms with E-state index >= 15 is 0 Å². The minimum atomic E-state index is -0.728. The van der Waals surface area contributed by atoms with Gasteiger partial charge in [-0.2, -0.15) is 10.5 Å². The van der Waals surface area contributed by atoms with Crippen molar-refractivity contribution in [3.8, 4) is 12.1 Å². The molecule has 1 aliphatic carbocycles. The van der Waals surface area contributed by atoms with Gasteiger partial charge in [-0.15, -0.1) is 0 Å². The maximum absolute atomic E-state index is 14.2. The Labute approximate surface area is 680 Å². The van der Waals surface area contributed by atoms with Gasteiger partial charge in [0.15, 0.2) is 5.78 Å². The molecular formula is C99H129F5N4O6.